The Morgan fingerprint density at radius 1 is 0.677 bits per heavy atom. The first-order valence-electron chi connectivity index (χ1n) is 7.68. The Morgan fingerprint density at radius 2 is 0.968 bits per heavy atom. The van der Waals surface area contributed by atoms with E-state index in [2.05, 4.69) is 73.2 Å². The minimum atomic E-state index is -1.38. The third-order valence-corrected chi connectivity index (χ3v) is 5.16. The zero-order valence-corrected chi connectivity index (χ0v) is 22.8. The summed E-state index contributed by atoms with van der Waals surface area (Å²) in [5, 5.41) is 21.6. The summed E-state index contributed by atoms with van der Waals surface area (Å²) in [4.78, 5) is 43.2. The van der Waals surface area contributed by atoms with Gasteiger partial charge >= 0.3 is 29.0 Å². The number of carbonyl (C=O) groups excluding carboxylic acids is 2. The van der Waals surface area contributed by atoms with Crippen LogP contribution >= 0.6 is 63.7 Å². The fourth-order valence-corrected chi connectivity index (χ4v) is 4.61. The van der Waals surface area contributed by atoms with Crippen molar-refractivity contribution in [3.63, 3.8) is 0 Å². The van der Waals surface area contributed by atoms with Crippen LogP contribution in [0.4, 0.5) is 0 Å². The number of aliphatic carboxylic acids is 2. The van der Waals surface area contributed by atoms with E-state index in [1.165, 1.54) is 26.0 Å². The van der Waals surface area contributed by atoms with Gasteiger partial charge in [0.25, 0.3) is 0 Å². The van der Waals surface area contributed by atoms with Gasteiger partial charge in [-0.15, -0.1) is 0 Å². The molecule has 0 saturated carbocycles. The molecule has 2 rings (SSSR count). The Hall–Kier alpha value is -1.24. The first kappa shape index (κ1) is 29.8. The molecule has 0 heterocycles. The number of hydrogen-bond acceptors (Lipinski definition) is 6. The summed E-state index contributed by atoms with van der Waals surface area (Å²) in [6.45, 7) is 2.49. The predicted octanol–water partition coefficient (Wildman–Crippen LogP) is 2.72. The summed E-state index contributed by atoms with van der Waals surface area (Å²) in [6, 6.07) is 5.88. The molecule has 0 saturated heterocycles. The normalized spacial score (nSPS) is 9.48. The van der Waals surface area contributed by atoms with Crippen molar-refractivity contribution in [3.05, 3.63) is 53.3 Å². The maximum Gasteiger partial charge on any atom is 2.00 e. The Bertz CT molecular complexity index is 945. The van der Waals surface area contributed by atoms with Gasteiger partial charge in [-0.25, -0.2) is 0 Å². The molecule has 0 amide bonds. The Balaban J connectivity index is 0.000000562. The summed E-state index contributed by atoms with van der Waals surface area (Å²) < 4.78 is 9.16. The third-order valence-electron chi connectivity index (χ3n) is 3.03. The van der Waals surface area contributed by atoms with Gasteiger partial charge in [0.2, 0.25) is 11.5 Å². The number of aromatic carboxylic acids is 2. The summed E-state index contributed by atoms with van der Waals surface area (Å²) in [7, 11) is 0. The molecule has 0 atom stereocenters. The molecule has 169 valence electrons. The number of aromatic hydroxyl groups is 2. The van der Waals surface area contributed by atoms with Gasteiger partial charge in [0, 0.05) is 18.5 Å². The van der Waals surface area contributed by atoms with Crippen LogP contribution in [0.25, 0.3) is 0 Å². The van der Waals surface area contributed by atoms with Crippen LogP contribution in [-0.2, 0) is 26.7 Å². The van der Waals surface area contributed by atoms with Crippen LogP contribution in [0.2, 0.25) is 0 Å². The number of ether oxygens (including phenoxy) is 2. The van der Waals surface area contributed by atoms with Gasteiger partial charge in [0.15, 0.2) is 0 Å². The molecule has 0 unspecified atom stereocenters. The van der Waals surface area contributed by atoms with E-state index in [1.54, 1.807) is 12.1 Å². The van der Waals surface area contributed by atoms with Crippen LogP contribution in [0, 0.1) is 0 Å². The first-order chi connectivity index (χ1) is 13.8. The molecule has 2 aromatic carbocycles. The molecule has 31 heavy (non-hydrogen) atoms. The topological polar surface area (TPSA) is 140 Å². The minimum absolute atomic E-state index is 0. The number of hydrogen-bond donors (Lipinski definition) is 0. The number of carboxylic acids is 4. The van der Waals surface area contributed by atoms with Crippen molar-refractivity contribution < 1.29 is 55.9 Å². The second-order valence-electron chi connectivity index (χ2n) is 5.40. The van der Waals surface area contributed by atoms with Crippen molar-refractivity contribution in [1.82, 2.24) is 0 Å². The summed E-state index contributed by atoms with van der Waals surface area (Å²) in [5.41, 5.74) is -0.266. The van der Waals surface area contributed by atoms with Crippen molar-refractivity contribution in [2.45, 2.75) is 13.8 Å². The minimum Gasteiger partial charge on any atom is -0.545 e. The van der Waals surface area contributed by atoms with Crippen LogP contribution in [0.5, 0.6) is 11.5 Å². The molecule has 0 aliphatic rings. The van der Waals surface area contributed by atoms with E-state index in [4.69, 9.17) is 0 Å². The smallest absolute Gasteiger partial charge is 0.545 e. The second-order valence-corrected chi connectivity index (χ2v) is 8.94. The van der Waals surface area contributed by atoms with E-state index in [1.807, 2.05) is 0 Å². The van der Waals surface area contributed by atoms with Gasteiger partial charge in [-0.3, -0.25) is 0 Å². The molecule has 0 aliphatic heterocycles. The Morgan fingerprint density at radius 3 is 1.19 bits per heavy atom. The predicted molar refractivity (Wildman–Crippen MR) is 117 cm³/mol. The average Bonchev–Trinajstić information content (AvgIpc) is 2.58. The molecule has 13 heteroatoms. The molecule has 8 nitrogen and oxygen atoms in total. The summed E-state index contributed by atoms with van der Waals surface area (Å²) in [5.74, 6) is -3.55. The van der Waals surface area contributed by atoms with Gasteiger partial charge in [-0.05, 0) is 56.1 Å². The molecule has 0 aromatic heterocycles. The van der Waals surface area contributed by atoms with Crippen LogP contribution in [0.3, 0.4) is 0 Å². The summed E-state index contributed by atoms with van der Waals surface area (Å²) in [6.07, 6.45) is 0. The van der Waals surface area contributed by atoms with Crippen molar-refractivity contribution >= 4 is 87.6 Å². The van der Waals surface area contributed by atoms with Crippen molar-refractivity contribution in [2.24, 2.45) is 0 Å². The van der Waals surface area contributed by atoms with Crippen LogP contribution in [-0.4, -0.2) is 33.4 Å². The number of carboxylic acid groups (broad SMARTS) is 2. The number of halogens is 4. The Kier molecular flexibility index (Phi) is 12.8. The number of carbonyl (C=O) groups is 4. The molecule has 1 radical (unpaired) electrons. The third kappa shape index (κ3) is 9.42. The van der Waals surface area contributed by atoms with E-state index in [0.717, 1.165) is 0 Å². The quantitative estimate of drug-likeness (QED) is 0.205. The van der Waals surface area contributed by atoms with Crippen LogP contribution < -0.4 is 10.2 Å². The van der Waals surface area contributed by atoms with Crippen molar-refractivity contribution in [2.75, 3.05) is 0 Å². The zero-order valence-electron chi connectivity index (χ0n) is 15.5. The standard InChI is InChI=1S/2C9H6Br2O4.Cu/c2*1-4(12)15-8-6(9(13)14)2-5(10)3-7(8)11;/h2*2-3H,1H3,(H,13,14);/q;;+2. The first-order valence-corrected chi connectivity index (χ1v) is 10.9. The van der Waals surface area contributed by atoms with Gasteiger partial charge < -0.3 is 29.3 Å². The molecule has 0 bridgehead atoms. The SMILES string of the molecule is CC(=O)[OH+]c1c(Br)cc(Br)cc1C(=O)[O-].CC(=O)[OH+]c1c(Br)cc(Br)cc1C(=O)[O-].[Cu+2]. The molecular weight excluding hydrogens is 727 g/mol. The van der Waals surface area contributed by atoms with E-state index in [0.29, 0.717) is 17.9 Å². The maximum absolute atomic E-state index is 10.8. The Labute approximate surface area is 220 Å². The number of rotatable bonds is 4. The number of benzene rings is 2. The van der Waals surface area contributed by atoms with Crippen LogP contribution in [0.15, 0.2) is 42.2 Å². The van der Waals surface area contributed by atoms with Gasteiger partial charge in [-0.1, -0.05) is 31.9 Å². The molecule has 2 aromatic rings. The maximum atomic E-state index is 10.8. The molecule has 0 spiro atoms. The van der Waals surface area contributed by atoms with E-state index in [-0.39, 0.29) is 39.7 Å². The van der Waals surface area contributed by atoms with E-state index >= 15 is 0 Å². The molecule has 0 aliphatic carbocycles. The summed E-state index contributed by atoms with van der Waals surface area (Å²) >= 11 is 12.5. The zero-order chi connectivity index (χ0) is 23.2. The monoisotopic (exact) mass is 735 g/mol. The molecular formula is C18H12Br4CuO8+2. The van der Waals surface area contributed by atoms with Gasteiger partial charge in [0.1, 0.15) is 0 Å². The molecule has 0 fully saturated rings. The van der Waals surface area contributed by atoms with Crippen LogP contribution in [0.1, 0.15) is 34.6 Å². The second kappa shape index (κ2) is 13.3. The van der Waals surface area contributed by atoms with E-state index < -0.39 is 23.9 Å². The fourth-order valence-electron chi connectivity index (χ4n) is 1.99. The van der Waals surface area contributed by atoms with Gasteiger partial charge in [0.05, 0.1) is 45.9 Å². The molecule has 2 N–H and O–H groups in total. The van der Waals surface area contributed by atoms with Crippen molar-refractivity contribution in [1.29, 1.82) is 0 Å². The van der Waals surface area contributed by atoms with E-state index in [9.17, 15) is 29.4 Å². The fraction of sp³-hybridized carbons (Fsp3) is 0.111. The van der Waals surface area contributed by atoms with Crippen molar-refractivity contribution in [3.8, 4) is 11.5 Å². The van der Waals surface area contributed by atoms with Gasteiger partial charge in [-0.2, -0.15) is 0 Å². The average molecular weight is 739 g/mol. The largest absolute Gasteiger partial charge is 2.00 e.